The summed E-state index contributed by atoms with van der Waals surface area (Å²) in [5, 5.41) is 3.40. The molecule has 2 nitrogen and oxygen atoms in total. The molecule has 6 aromatic carbocycles. The van der Waals surface area contributed by atoms with E-state index in [4.69, 9.17) is 9.40 Å². The van der Waals surface area contributed by atoms with E-state index in [-0.39, 0.29) is 0 Å². The van der Waals surface area contributed by atoms with Crippen molar-refractivity contribution in [3.05, 3.63) is 140 Å². The number of fused-ring (bicyclic) bond motifs is 12. The summed E-state index contributed by atoms with van der Waals surface area (Å²) in [5.41, 5.74) is 14.8. The minimum Gasteiger partial charge on any atom is -0.455 e. The fraction of sp³-hybridized carbons (Fsp3) is 0. The van der Waals surface area contributed by atoms with Crippen molar-refractivity contribution < 1.29 is 4.42 Å². The maximum atomic E-state index is 6.56. The number of furan rings is 1. The van der Waals surface area contributed by atoms with Crippen LogP contribution < -0.4 is 0 Å². The second-order valence-electron chi connectivity index (χ2n) is 10.7. The Balaban J connectivity index is 1.48. The third-order valence-corrected chi connectivity index (χ3v) is 8.50. The van der Waals surface area contributed by atoms with Crippen LogP contribution in [0.15, 0.2) is 144 Å². The van der Waals surface area contributed by atoms with Crippen molar-refractivity contribution in [2.75, 3.05) is 0 Å². The van der Waals surface area contributed by atoms with Gasteiger partial charge in [-0.25, -0.2) is 0 Å². The maximum Gasteiger partial charge on any atom is 0.143 e. The van der Waals surface area contributed by atoms with E-state index >= 15 is 0 Å². The lowest BCUT2D eigenvalue weighted by Gasteiger charge is -2.25. The standard InChI is InChI=1S/C39H23NO/c1-3-13-27-25(11-1)26-12-2-4-14-28(26)34-22-24-10-9-21-40-36(24)23-35(34)38-30(27)16-7-17-31(38)33-19-8-18-32-29-15-5-6-20-37(29)41-39(32)33/h1-23H. The van der Waals surface area contributed by atoms with Crippen molar-refractivity contribution >= 4 is 32.8 Å². The molecule has 9 rings (SSSR count). The fourth-order valence-electron chi connectivity index (χ4n) is 6.71. The van der Waals surface area contributed by atoms with Gasteiger partial charge in [0.05, 0.1) is 5.52 Å². The smallest absolute Gasteiger partial charge is 0.143 e. The first-order valence-electron chi connectivity index (χ1n) is 14.0. The predicted molar refractivity (Wildman–Crippen MR) is 170 cm³/mol. The van der Waals surface area contributed by atoms with Crippen molar-refractivity contribution in [3.8, 4) is 55.6 Å². The zero-order chi connectivity index (χ0) is 26.9. The summed E-state index contributed by atoms with van der Waals surface area (Å²) in [7, 11) is 0. The number of para-hydroxylation sites is 2. The van der Waals surface area contributed by atoms with E-state index in [9.17, 15) is 0 Å². The van der Waals surface area contributed by atoms with Crippen molar-refractivity contribution in [3.63, 3.8) is 0 Å². The Hall–Kier alpha value is -5.47. The number of aromatic nitrogens is 1. The summed E-state index contributed by atoms with van der Waals surface area (Å²) in [6.07, 6.45) is 1.88. The Morgan fingerprint density at radius 3 is 1.80 bits per heavy atom. The van der Waals surface area contributed by atoms with Gasteiger partial charge in [-0.1, -0.05) is 109 Å². The Bertz CT molecular complexity index is 2320. The van der Waals surface area contributed by atoms with Gasteiger partial charge >= 0.3 is 0 Å². The number of nitrogens with zero attached hydrogens (tertiary/aromatic N) is 1. The SMILES string of the molecule is c1ccc2c(c1)-c1ccccc1-c1cccc(-c3cccc4c3oc3ccccc34)c1-c1cc3ncccc3cc1-2. The van der Waals surface area contributed by atoms with Gasteiger partial charge in [0.2, 0.25) is 0 Å². The molecule has 2 heteroatoms. The highest BCUT2D eigenvalue weighted by Gasteiger charge is 2.26. The van der Waals surface area contributed by atoms with E-state index in [0.29, 0.717) is 0 Å². The lowest BCUT2D eigenvalue weighted by molar-refractivity contribution is 0.670. The first-order valence-corrected chi connectivity index (χ1v) is 14.0. The van der Waals surface area contributed by atoms with Gasteiger partial charge in [-0.2, -0.15) is 0 Å². The number of pyridine rings is 1. The van der Waals surface area contributed by atoms with Crippen LogP contribution in [0.2, 0.25) is 0 Å². The summed E-state index contributed by atoms with van der Waals surface area (Å²) in [5.74, 6) is 0. The highest BCUT2D eigenvalue weighted by Crippen LogP contribution is 2.52. The first kappa shape index (κ1) is 22.4. The van der Waals surface area contributed by atoms with Crippen LogP contribution in [0.3, 0.4) is 0 Å². The molecule has 0 unspecified atom stereocenters. The van der Waals surface area contributed by atoms with E-state index in [1.807, 2.05) is 18.3 Å². The zero-order valence-electron chi connectivity index (χ0n) is 22.1. The molecular weight excluding hydrogens is 498 g/mol. The lowest BCUT2D eigenvalue weighted by atomic mass is 9.78. The molecule has 0 spiro atoms. The van der Waals surface area contributed by atoms with Gasteiger partial charge in [-0.3, -0.25) is 4.98 Å². The number of benzene rings is 6. The van der Waals surface area contributed by atoms with Gasteiger partial charge in [-0.15, -0.1) is 0 Å². The monoisotopic (exact) mass is 521 g/mol. The molecule has 0 aliphatic heterocycles. The van der Waals surface area contributed by atoms with Crippen LogP contribution in [-0.2, 0) is 0 Å². The van der Waals surface area contributed by atoms with Gasteiger partial charge in [0.1, 0.15) is 11.2 Å². The van der Waals surface area contributed by atoms with Crippen LogP contribution in [0.25, 0.3) is 88.5 Å². The molecule has 0 radical (unpaired) electrons. The molecule has 0 N–H and O–H groups in total. The predicted octanol–water partition coefficient (Wildman–Crippen LogP) is 10.8. The highest BCUT2D eigenvalue weighted by atomic mass is 16.3. The highest BCUT2D eigenvalue weighted by molar-refractivity contribution is 6.14. The molecule has 8 aromatic rings. The zero-order valence-corrected chi connectivity index (χ0v) is 22.1. The van der Waals surface area contributed by atoms with Gasteiger partial charge in [-0.05, 0) is 74.3 Å². The third-order valence-electron chi connectivity index (χ3n) is 8.50. The van der Waals surface area contributed by atoms with E-state index in [1.165, 1.54) is 44.5 Å². The number of hydrogen-bond donors (Lipinski definition) is 0. The molecule has 0 saturated carbocycles. The average molecular weight is 522 g/mol. The maximum absolute atomic E-state index is 6.56. The third kappa shape index (κ3) is 3.22. The second-order valence-corrected chi connectivity index (χ2v) is 10.7. The molecule has 0 atom stereocenters. The van der Waals surface area contributed by atoms with Gasteiger partial charge in [0.25, 0.3) is 0 Å². The summed E-state index contributed by atoms with van der Waals surface area (Å²) in [6, 6.07) is 47.8. The average Bonchev–Trinajstić information content (AvgIpc) is 3.42. The van der Waals surface area contributed by atoms with E-state index in [0.717, 1.165) is 44.0 Å². The fourth-order valence-corrected chi connectivity index (χ4v) is 6.71. The summed E-state index contributed by atoms with van der Waals surface area (Å²) in [6.45, 7) is 0. The van der Waals surface area contributed by atoms with E-state index in [2.05, 4.69) is 121 Å². The topological polar surface area (TPSA) is 26.0 Å². The minimum atomic E-state index is 0.906. The van der Waals surface area contributed by atoms with Crippen LogP contribution in [0.4, 0.5) is 0 Å². The summed E-state index contributed by atoms with van der Waals surface area (Å²) in [4.78, 5) is 4.78. The van der Waals surface area contributed by atoms with E-state index in [1.54, 1.807) is 0 Å². The summed E-state index contributed by atoms with van der Waals surface area (Å²) < 4.78 is 6.56. The number of hydrogen-bond acceptors (Lipinski definition) is 2. The van der Waals surface area contributed by atoms with Crippen molar-refractivity contribution in [1.82, 2.24) is 4.98 Å². The van der Waals surface area contributed by atoms with Gasteiger partial charge < -0.3 is 4.42 Å². The normalized spacial score (nSPS) is 11.9. The van der Waals surface area contributed by atoms with Crippen LogP contribution in [-0.4, -0.2) is 4.98 Å². The molecular formula is C39H23NO. The Morgan fingerprint density at radius 2 is 1.00 bits per heavy atom. The Kier molecular flexibility index (Phi) is 4.64. The molecule has 2 aromatic heterocycles. The second kappa shape index (κ2) is 8.51. The molecule has 0 fully saturated rings. The number of rotatable bonds is 1. The quantitative estimate of drug-likeness (QED) is 0.215. The summed E-state index contributed by atoms with van der Waals surface area (Å²) >= 11 is 0. The molecule has 41 heavy (non-hydrogen) atoms. The van der Waals surface area contributed by atoms with Crippen LogP contribution in [0.5, 0.6) is 0 Å². The van der Waals surface area contributed by atoms with Crippen LogP contribution in [0, 0.1) is 0 Å². The Morgan fingerprint density at radius 1 is 0.415 bits per heavy atom. The van der Waals surface area contributed by atoms with E-state index < -0.39 is 0 Å². The largest absolute Gasteiger partial charge is 0.455 e. The van der Waals surface area contributed by atoms with Crippen molar-refractivity contribution in [2.45, 2.75) is 0 Å². The Labute approximate surface area is 237 Å². The van der Waals surface area contributed by atoms with Crippen molar-refractivity contribution in [1.29, 1.82) is 0 Å². The molecule has 2 heterocycles. The van der Waals surface area contributed by atoms with Crippen molar-refractivity contribution in [2.24, 2.45) is 0 Å². The molecule has 0 bridgehead atoms. The molecule has 0 saturated heterocycles. The van der Waals surface area contributed by atoms with Gasteiger partial charge in [0, 0.05) is 27.9 Å². The van der Waals surface area contributed by atoms with Crippen LogP contribution >= 0.6 is 0 Å². The lowest BCUT2D eigenvalue weighted by Crippen LogP contribution is -1.99. The molecule has 1 aliphatic carbocycles. The first-order chi connectivity index (χ1) is 20.3. The molecule has 1 aliphatic rings. The molecule has 190 valence electrons. The van der Waals surface area contributed by atoms with Gasteiger partial charge in [0.15, 0.2) is 0 Å². The minimum absolute atomic E-state index is 0.906. The van der Waals surface area contributed by atoms with Crippen LogP contribution in [0.1, 0.15) is 0 Å². The molecule has 0 amide bonds.